The number of amides is 1. The van der Waals surface area contributed by atoms with E-state index in [1.807, 2.05) is 6.92 Å². The standard InChI is InChI=1S/C20H29NO3S/c1-3-11-24-20(23)17-15-10-9-13(2)12-16(15)25-19(17)21-18(22)14-7-5-4-6-8-14/h13-14H,3-12H2,1-2H3,(H,21,22). The molecule has 1 amide bonds. The summed E-state index contributed by atoms with van der Waals surface area (Å²) in [5.41, 5.74) is 1.74. The number of carbonyl (C=O) groups excluding carboxylic acids is 2. The van der Waals surface area contributed by atoms with Crippen LogP contribution in [-0.4, -0.2) is 18.5 Å². The van der Waals surface area contributed by atoms with Gasteiger partial charge in [-0.1, -0.05) is 33.1 Å². The Morgan fingerprint density at radius 2 is 1.96 bits per heavy atom. The summed E-state index contributed by atoms with van der Waals surface area (Å²) in [6, 6.07) is 0. The summed E-state index contributed by atoms with van der Waals surface area (Å²) < 4.78 is 5.41. The third-order valence-corrected chi connectivity index (χ3v) is 6.54. The van der Waals surface area contributed by atoms with E-state index in [-0.39, 0.29) is 17.8 Å². The molecule has 0 aromatic carbocycles. The summed E-state index contributed by atoms with van der Waals surface area (Å²) in [4.78, 5) is 26.6. The molecule has 1 saturated carbocycles. The number of ether oxygens (including phenoxy) is 1. The Bertz CT molecular complexity index is 631. The molecule has 0 spiro atoms. The molecule has 1 heterocycles. The first kappa shape index (κ1) is 18.4. The minimum absolute atomic E-state index is 0.0795. The Labute approximate surface area is 154 Å². The number of hydrogen-bond donors (Lipinski definition) is 1. The van der Waals surface area contributed by atoms with Gasteiger partial charge in [0.05, 0.1) is 12.2 Å². The molecule has 2 aliphatic carbocycles. The zero-order valence-electron chi connectivity index (χ0n) is 15.4. The number of rotatable bonds is 5. The average Bonchev–Trinajstić information content (AvgIpc) is 2.97. The SMILES string of the molecule is CCCOC(=O)c1c(NC(=O)C2CCCCC2)sc2c1CCC(C)C2. The number of anilines is 1. The Morgan fingerprint density at radius 3 is 2.68 bits per heavy atom. The van der Waals surface area contributed by atoms with Crippen LogP contribution >= 0.6 is 11.3 Å². The fourth-order valence-corrected chi connectivity index (χ4v) is 5.30. The second-order valence-corrected chi connectivity index (χ2v) is 8.62. The van der Waals surface area contributed by atoms with Gasteiger partial charge < -0.3 is 10.1 Å². The molecule has 1 aromatic rings. The van der Waals surface area contributed by atoms with E-state index in [4.69, 9.17) is 4.74 Å². The van der Waals surface area contributed by atoms with Crippen LogP contribution in [0.3, 0.4) is 0 Å². The molecule has 138 valence electrons. The summed E-state index contributed by atoms with van der Waals surface area (Å²) in [5.74, 6) is 0.530. The van der Waals surface area contributed by atoms with Gasteiger partial charge in [0.25, 0.3) is 0 Å². The van der Waals surface area contributed by atoms with E-state index in [2.05, 4.69) is 12.2 Å². The van der Waals surface area contributed by atoms with Gasteiger partial charge in [0.2, 0.25) is 5.91 Å². The average molecular weight is 364 g/mol. The lowest BCUT2D eigenvalue weighted by Crippen LogP contribution is -2.25. The molecule has 1 atom stereocenters. The summed E-state index contributed by atoms with van der Waals surface area (Å²) in [7, 11) is 0. The lowest BCUT2D eigenvalue weighted by atomic mass is 9.88. The summed E-state index contributed by atoms with van der Waals surface area (Å²) >= 11 is 1.59. The normalized spacial score (nSPS) is 20.8. The molecule has 1 fully saturated rings. The van der Waals surface area contributed by atoms with Crippen molar-refractivity contribution in [3.63, 3.8) is 0 Å². The van der Waals surface area contributed by atoms with Crippen molar-refractivity contribution in [2.45, 2.75) is 71.6 Å². The molecular weight excluding hydrogens is 334 g/mol. The Kier molecular flexibility index (Phi) is 6.15. The summed E-state index contributed by atoms with van der Waals surface area (Å²) in [6.45, 7) is 4.66. The third kappa shape index (κ3) is 4.25. The lowest BCUT2D eigenvalue weighted by Gasteiger charge is -2.20. The Morgan fingerprint density at radius 1 is 1.20 bits per heavy atom. The van der Waals surface area contributed by atoms with Gasteiger partial charge in [-0.05, 0) is 50.0 Å². The van der Waals surface area contributed by atoms with Gasteiger partial charge >= 0.3 is 5.97 Å². The number of fused-ring (bicyclic) bond motifs is 1. The van der Waals surface area contributed by atoms with Crippen molar-refractivity contribution < 1.29 is 14.3 Å². The molecule has 1 N–H and O–H groups in total. The van der Waals surface area contributed by atoms with Crippen molar-refractivity contribution >= 4 is 28.2 Å². The number of carbonyl (C=O) groups is 2. The van der Waals surface area contributed by atoms with Crippen LogP contribution in [0.2, 0.25) is 0 Å². The second kappa shape index (κ2) is 8.35. The first-order valence-electron chi connectivity index (χ1n) is 9.72. The molecular formula is C20H29NO3S. The van der Waals surface area contributed by atoms with Crippen LogP contribution in [0.4, 0.5) is 5.00 Å². The van der Waals surface area contributed by atoms with Gasteiger partial charge in [0.1, 0.15) is 5.00 Å². The van der Waals surface area contributed by atoms with Gasteiger partial charge in [-0.25, -0.2) is 4.79 Å². The van der Waals surface area contributed by atoms with Crippen molar-refractivity contribution in [2.24, 2.45) is 11.8 Å². The van der Waals surface area contributed by atoms with Gasteiger partial charge in [-0.2, -0.15) is 0 Å². The van der Waals surface area contributed by atoms with Crippen LogP contribution in [0, 0.1) is 11.8 Å². The van der Waals surface area contributed by atoms with E-state index in [1.165, 1.54) is 11.3 Å². The van der Waals surface area contributed by atoms with Gasteiger partial charge in [-0.3, -0.25) is 4.79 Å². The van der Waals surface area contributed by atoms with E-state index >= 15 is 0 Å². The topological polar surface area (TPSA) is 55.4 Å². The van der Waals surface area contributed by atoms with Crippen molar-refractivity contribution in [1.82, 2.24) is 0 Å². The minimum atomic E-state index is -0.271. The predicted octanol–water partition coefficient (Wildman–Crippen LogP) is 4.96. The Hall–Kier alpha value is -1.36. The molecule has 0 aliphatic heterocycles. The van der Waals surface area contributed by atoms with Crippen LogP contribution < -0.4 is 5.32 Å². The zero-order valence-corrected chi connectivity index (χ0v) is 16.2. The highest BCUT2D eigenvalue weighted by Gasteiger charge is 2.30. The van der Waals surface area contributed by atoms with Crippen LogP contribution in [0.5, 0.6) is 0 Å². The molecule has 5 heteroatoms. The first-order valence-corrected chi connectivity index (χ1v) is 10.5. The molecule has 0 saturated heterocycles. The van der Waals surface area contributed by atoms with Crippen molar-refractivity contribution in [2.75, 3.05) is 11.9 Å². The highest BCUT2D eigenvalue weighted by atomic mass is 32.1. The van der Waals surface area contributed by atoms with Crippen molar-refractivity contribution in [3.8, 4) is 0 Å². The van der Waals surface area contributed by atoms with Crippen LogP contribution in [-0.2, 0) is 22.4 Å². The van der Waals surface area contributed by atoms with Crippen LogP contribution in [0.15, 0.2) is 0 Å². The monoisotopic (exact) mass is 363 g/mol. The molecule has 4 nitrogen and oxygen atoms in total. The van der Waals surface area contributed by atoms with E-state index in [1.54, 1.807) is 11.3 Å². The number of thiophene rings is 1. The quantitative estimate of drug-likeness (QED) is 0.752. The van der Waals surface area contributed by atoms with E-state index < -0.39 is 0 Å². The highest BCUT2D eigenvalue weighted by molar-refractivity contribution is 7.17. The van der Waals surface area contributed by atoms with Gasteiger partial charge in [0, 0.05) is 10.8 Å². The van der Waals surface area contributed by atoms with Gasteiger partial charge in [-0.15, -0.1) is 11.3 Å². The van der Waals surface area contributed by atoms with E-state index in [0.717, 1.165) is 61.9 Å². The number of esters is 1. The summed E-state index contributed by atoms with van der Waals surface area (Å²) in [5, 5.41) is 3.81. The summed E-state index contributed by atoms with van der Waals surface area (Å²) in [6.07, 6.45) is 9.20. The molecule has 0 radical (unpaired) electrons. The smallest absolute Gasteiger partial charge is 0.341 e. The van der Waals surface area contributed by atoms with Gasteiger partial charge in [0.15, 0.2) is 0 Å². The number of nitrogens with one attached hydrogen (secondary N) is 1. The minimum Gasteiger partial charge on any atom is -0.462 e. The maximum Gasteiger partial charge on any atom is 0.341 e. The molecule has 1 aromatic heterocycles. The second-order valence-electron chi connectivity index (χ2n) is 7.52. The fourth-order valence-electron chi connectivity index (χ4n) is 3.90. The lowest BCUT2D eigenvalue weighted by molar-refractivity contribution is -0.120. The van der Waals surface area contributed by atoms with Crippen molar-refractivity contribution in [1.29, 1.82) is 0 Å². The largest absolute Gasteiger partial charge is 0.462 e. The van der Waals surface area contributed by atoms with Crippen LogP contribution in [0.25, 0.3) is 0 Å². The predicted molar refractivity (Wildman–Crippen MR) is 101 cm³/mol. The third-order valence-electron chi connectivity index (χ3n) is 5.37. The highest BCUT2D eigenvalue weighted by Crippen LogP contribution is 2.40. The van der Waals surface area contributed by atoms with E-state index in [9.17, 15) is 9.59 Å². The maximum absolute atomic E-state index is 12.7. The Balaban J connectivity index is 1.83. The van der Waals surface area contributed by atoms with Crippen molar-refractivity contribution in [3.05, 3.63) is 16.0 Å². The first-order chi connectivity index (χ1) is 12.1. The van der Waals surface area contributed by atoms with E-state index in [0.29, 0.717) is 18.1 Å². The maximum atomic E-state index is 12.7. The molecule has 0 bridgehead atoms. The zero-order chi connectivity index (χ0) is 17.8. The number of hydrogen-bond acceptors (Lipinski definition) is 4. The fraction of sp³-hybridized carbons (Fsp3) is 0.700. The molecule has 25 heavy (non-hydrogen) atoms. The van der Waals surface area contributed by atoms with Crippen LogP contribution in [0.1, 0.15) is 79.6 Å². The molecule has 1 unspecified atom stereocenters. The molecule has 3 rings (SSSR count). The molecule has 2 aliphatic rings.